The van der Waals surface area contributed by atoms with E-state index in [1.165, 1.54) is 51.8 Å². The monoisotopic (exact) mass is 412 g/mol. The van der Waals surface area contributed by atoms with Gasteiger partial charge in [0, 0.05) is 0 Å². The van der Waals surface area contributed by atoms with Crippen molar-refractivity contribution in [3.63, 3.8) is 0 Å². The zero-order valence-corrected chi connectivity index (χ0v) is 17.6. The molecule has 124 valence electrons. The van der Waals surface area contributed by atoms with E-state index in [1.54, 1.807) is 0 Å². The predicted octanol–water partition coefficient (Wildman–Crippen LogP) is 7.39. The van der Waals surface area contributed by atoms with E-state index in [4.69, 9.17) is 0 Å². The van der Waals surface area contributed by atoms with Crippen LogP contribution in [0.25, 0.3) is 5.83 Å². The summed E-state index contributed by atoms with van der Waals surface area (Å²) in [5.74, 6) is 0.0553. The summed E-state index contributed by atoms with van der Waals surface area (Å²) < 4.78 is 21.0. The van der Waals surface area contributed by atoms with E-state index in [0.29, 0.717) is 0 Å². The Bertz CT molecular complexity index is 403. The van der Waals surface area contributed by atoms with Gasteiger partial charge in [-0.1, -0.05) is 0 Å². The molecule has 0 radical (unpaired) electrons. The first-order chi connectivity index (χ1) is 10.7. The van der Waals surface area contributed by atoms with Crippen LogP contribution >= 0.6 is 0 Å². The van der Waals surface area contributed by atoms with E-state index >= 15 is 0 Å². The summed E-state index contributed by atoms with van der Waals surface area (Å²) in [7, 11) is 0. The van der Waals surface area contributed by atoms with Crippen LogP contribution in [0.4, 0.5) is 4.39 Å². The minimum atomic E-state index is -2.50. The number of rotatable bonds is 11. The van der Waals surface area contributed by atoms with Gasteiger partial charge < -0.3 is 0 Å². The first kappa shape index (κ1) is 19.7. The van der Waals surface area contributed by atoms with E-state index in [9.17, 15) is 4.39 Å². The summed E-state index contributed by atoms with van der Waals surface area (Å²) >= 11 is -2.50. The molecule has 0 aliphatic heterocycles. The zero-order chi connectivity index (χ0) is 16.3. The molecule has 0 N–H and O–H groups in total. The number of hydrogen-bond donors (Lipinski definition) is 0. The zero-order valence-electron chi connectivity index (χ0n) is 14.7. The predicted molar refractivity (Wildman–Crippen MR) is 100 cm³/mol. The molecule has 0 spiro atoms. The molecule has 0 heterocycles. The van der Waals surface area contributed by atoms with Crippen LogP contribution in [0, 0.1) is 0 Å². The van der Waals surface area contributed by atoms with Gasteiger partial charge in [-0.15, -0.1) is 0 Å². The van der Waals surface area contributed by atoms with Crippen LogP contribution < -0.4 is 0 Å². The molecule has 0 amide bonds. The quantitative estimate of drug-likeness (QED) is 0.333. The van der Waals surface area contributed by atoms with Crippen molar-refractivity contribution in [3.05, 3.63) is 40.0 Å². The second kappa shape index (κ2) is 11.3. The third-order valence-electron chi connectivity index (χ3n) is 4.57. The molecule has 0 unspecified atom stereocenters. The van der Waals surface area contributed by atoms with E-state index in [1.807, 2.05) is 30.3 Å². The number of benzene rings is 1. The van der Waals surface area contributed by atoms with Gasteiger partial charge >= 0.3 is 141 Å². The molecule has 0 atom stereocenters. The van der Waals surface area contributed by atoms with Crippen molar-refractivity contribution >= 4 is 24.2 Å². The second-order valence-corrected chi connectivity index (χ2v) is 19.4. The number of halogens is 1. The molecule has 1 aromatic carbocycles. The van der Waals surface area contributed by atoms with Gasteiger partial charge in [0.05, 0.1) is 0 Å². The Balaban J connectivity index is 3.03. The van der Waals surface area contributed by atoms with Crippen LogP contribution in [0.15, 0.2) is 34.4 Å². The molecule has 0 fully saturated rings. The van der Waals surface area contributed by atoms with Crippen molar-refractivity contribution in [3.8, 4) is 0 Å². The van der Waals surface area contributed by atoms with Crippen LogP contribution in [0.5, 0.6) is 0 Å². The van der Waals surface area contributed by atoms with Crippen molar-refractivity contribution in [2.24, 2.45) is 0 Å². The standard InChI is InChI=1S/C8H6F.3C4H9.Sn/c1-7(9)8-5-3-2-4-6-8;3*1-3-4-2;/h1-6H;3*1,3-4H2,2H3;. The maximum absolute atomic E-state index is 14.8. The molecule has 1 rings (SSSR count). The van der Waals surface area contributed by atoms with Gasteiger partial charge in [-0.05, 0) is 0 Å². The van der Waals surface area contributed by atoms with Crippen molar-refractivity contribution < 1.29 is 4.39 Å². The number of hydrogen-bond acceptors (Lipinski definition) is 0. The third kappa shape index (κ3) is 6.85. The topological polar surface area (TPSA) is 0 Å². The van der Waals surface area contributed by atoms with Crippen LogP contribution in [0.3, 0.4) is 0 Å². The van der Waals surface area contributed by atoms with E-state index in [2.05, 4.69) is 24.9 Å². The normalized spacial score (nSPS) is 12.6. The SMILES string of the molecule is CCC[CH2][Sn]([CH]=C(F)c1ccccc1)([CH2]CCC)[CH2]CCC. The van der Waals surface area contributed by atoms with E-state index < -0.39 is 18.4 Å². The second-order valence-electron chi connectivity index (χ2n) is 6.53. The van der Waals surface area contributed by atoms with Crippen molar-refractivity contribution in [1.82, 2.24) is 0 Å². The Morgan fingerprint density at radius 2 is 1.32 bits per heavy atom. The molecule has 0 saturated carbocycles. The fourth-order valence-electron chi connectivity index (χ4n) is 3.13. The Morgan fingerprint density at radius 1 is 0.864 bits per heavy atom. The van der Waals surface area contributed by atoms with Gasteiger partial charge in [-0.3, -0.25) is 0 Å². The molecule has 0 aromatic heterocycles. The van der Waals surface area contributed by atoms with Crippen LogP contribution in [-0.4, -0.2) is 18.4 Å². The molecule has 0 nitrogen and oxygen atoms in total. The fraction of sp³-hybridized carbons (Fsp3) is 0.600. The molecule has 0 aliphatic carbocycles. The average molecular weight is 411 g/mol. The Labute approximate surface area is 141 Å². The molecular formula is C20H33FSn. The van der Waals surface area contributed by atoms with Crippen LogP contribution in [-0.2, 0) is 0 Å². The van der Waals surface area contributed by atoms with Crippen molar-refractivity contribution in [2.75, 3.05) is 0 Å². The molecular weight excluding hydrogens is 378 g/mol. The molecule has 1 aromatic rings. The minimum absolute atomic E-state index is 0.0553. The molecule has 0 bridgehead atoms. The van der Waals surface area contributed by atoms with Gasteiger partial charge in [0.25, 0.3) is 0 Å². The number of unbranched alkanes of at least 4 members (excludes halogenated alkanes) is 3. The van der Waals surface area contributed by atoms with Gasteiger partial charge in [-0.25, -0.2) is 0 Å². The van der Waals surface area contributed by atoms with Crippen LogP contribution in [0.2, 0.25) is 13.3 Å². The third-order valence-corrected chi connectivity index (χ3v) is 18.6. The Kier molecular flexibility index (Phi) is 10.1. The first-order valence-electron chi connectivity index (χ1n) is 9.11. The molecule has 0 saturated heterocycles. The summed E-state index contributed by atoms with van der Waals surface area (Å²) in [6, 6.07) is 9.64. The van der Waals surface area contributed by atoms with Gasteiger partial charge in [-0.2, -0.15) is 0 Å². The van der Waals surface area contributed by atoms with E-state index in [0.717, 1.165) is 5.56 Å². The van der Waals surface area contributed by atoms with Gasteiger partial charge in [0.1, 0.15) is 0 Å². The average Bonchev–Trinajstić information content (AvgIpc) is 2.56. The molecule has 0 aliphatic rings. The Hall–Kier alpha value is -0.311. The van der Waals surface area contributed by atoms with Gasteiger partial charge in [0.2, 0.25) is 0 Å². The molecule has 22 heavy (non-hydrogen) atoms. The summed E-state index contributed by atoms with van der Waals surface area (Å²) in [6.45, 7) is 6.77. The molecule has 2 heteroatoms. The Morgan fingerprint density at radius 3 is 1.73 bits per heavy atom. The summed E-state index contributed by atoms with van der Waals surface area (Å²) in [5, 5.41) is 0. The summed E-state index contributed by atoms with van der Waals surface area (Å²) in [5.41, 5.74) is 0.771. The van der Waals surface area contributed by atoms with Crippen molar-refractivity contribution in [2.45, 2.75) is 72.6 Å². The summed E-state index contributed by atoms with van der Waals surface area (Å²) in [4.78, 5) is 0. The van der Waals surface area contributed by atoms with E-state index in [-0.39, 0.29) is 5.83 Å². The van der Waals surface area contributed by atoms with Crippen LogP contribution in [0.1, 0.15) is 64.9 Å². The first-order valence-corrected chi connectivity index (χ1v) is 16.8. The summed E-state index contributed by atoms with van der Waals surface area (Å²) in [6.07, 6.45) is 7.54. The maximum atomic E-state index is 14.8. The van der Waals surface area contributed by atoms with Gasteiger partial charge in [0.15, 0.2) is 0 Å². The fourth-order valence-corrected chi connectivity index (χ4v) is 17.6. The van der Waals surface area contributed by atoms with Crippen molar-refractivity contribution in [1.29, 1.82) is 0 Å².